The minimum Gasteiger partial charge on any atom is -0.348 e. The van der Waals surface area contributed by atoms with Gasteiger partial charge in [0, 0.05) is 25.2 Å². The second-order valence-electron chi connectivity index (χ2n) is 6.06. The van der Waals surface area contributed by atoms with Crippen LogP contribution in [0, 0.1) is 13.8 Å². The average molecular weight is 340 g/mol. The van der Waals surface area contributed by atoms with Crippen molar-refractivity contribution in [1.82, 2.24) is 15.3 Å². The highest BCUT2D eigenvalue weighted by molar-refractivity contribution is 5.92. The van der Waals surface area contributed by atoms with Gasteiger partial charge in [-0.3, -0.25) is 14.6 Å². The van der Waals surface area contributed by atoms with E-state index in [9.17, 15) is 9.59 Å². The summed E-state index contributed by atoms with van der Waals surface area (Å²) in [6.07, 6.45) is 4.39. The Labute approximate surface area is 148 Å². The smallest absolute Gasteiger partial charge is 0.226 e. The number of aromatic nitrogens is 2. The van der Waals surface area contributed by atoms with Gasteiger partial charge in [0.1, 0.15) is 5.82 Å². The lowest BCUT2D eigenvalue weighted by Gasteiger charge is -2.16. The van der Waals surface area contributed by atoms with Crippen molar-refractivity contribution in [3.8, 4) is 0 Å². The summed E-state index contributed by atoms with van der Waals surface area (Å²) in [6, 6.07) is 7.38. The highest BCUT2D eigenvalue weighted by Gasteiger charge is 2.15. The van der Waals surface area contributed by atoms with Crippen molar-refractivity contribution in [2.24, 2.45) is 0 Å². The molecule has 2 aromatic rings. The number of hydrogen-bond donors (Lipinski definition) is 2. The van der Waals surface area contributed by atoms with E-state index in [2.05, 4.69) is 20.6 Å². The summed E-state index contributed by atoms with van der Waals surface area (Å²) in [5.74, 6) is 0.108. The molecular formula is C19H24N4O2. The van der Waals surface area contributed by atoms with Crippen molar-refractivity contribution in [3.63, 3.8) is 0 Å². The van der Waals surface area contributed by atoms with Crippen LogP contribution in [0.1, 0.15) is 49.0 Å². The molecule has 0 fully saturated rings. The van der Waals surface area contributed by atoms with Crippen molar-refractivity contribution in [2.45, 2.75) is 46.1 Å². The van der Waals surface area contributed by atoms with Crippen LogP contribution in [-0.4, -0.2) is 21.8 Å². The first-order chi connectivity index (χ1) is 12.0. The topological polar surface area (TPSA) is 84.0 Å². The van der Waals surface area contributed by atoms with E-state index in [1.807, 2.05) is 39.0 Å². The summed E-state index contributed by atoms with van der Waals surface area (Å²) in [5, 5.41) is 5.63. The van der Waals surface area contributed by atoms with Crippen molar-refractivity contribution in [3.05, 3.63) is 53.5 Å². The molecule has 0 radical (unpaired) electrons. The lowest BCUT2D eigenvalue weighted by Crippen LogP contribution is -2.29. The molecular weight excluding hydrogens is 316 g/mol. The molecule has 0 aliphatic carbocycles. The number of rotatable bonds is 7. The Balaban J connectivity index is 1.82. The lowest BCUT2D eigenvalue weighted by atomic mass is 10.1. The molecule has 0 bridgehead atoms. The number of pyridine rings is 2. The zero-order chi connectivity index (χ0) is 18.2. The third-order valence-corrected chi connectivity index (χ3v) is 3.80. The third kappa shape index (κ3) is 5.99. The van der Waals surface area contributed by atoms with Crippen LogP contribution in [0.2, 0.25) is 0 Å². The summed E-state index contributed by atoms with van der Waals surface area (Å²) < 4.78 is 0. The zero-order valence-corrected chi connectivity index (χ0v) is 14.9. The van der Waals surface area contributed by atoms with Crippen LogP contribution in [-0.2, 0) is 9.59 Å². The van der Waals surface area contributed by atoms with Crippen molar-refractivity contribution in [1.29, 1.82) is 0 Å². The first kappa shape index (κ1) is 18.6. The zero-order valence-electron chi connectivity index (χ0n) is 14.9. The standard InChI is InChI=1S/C19H24N4O2/c1-4-15(16-6-5-14(3)12-21-16)22-18(24)7-8-19(25)23-17-11-13(2)9-10-20-17/h5-6,9-12,15H,4,7-8H2,1-3H3,(H,22,24)(H,20,23,25)/t15-/m0/s1. The maximum atomic E-state index is 12.1. The van der Waals surface area contributed by atoms with Gasteiger partial charge in [-0.2, -0.15) is 0 Å². The quantitative estimate of drug-likeness (QED) is 0.811. The molecule has 0 aliphatic rings. The fraction of sp³-hybridized carbons (Fsp3) is 0.368. The number of carbonyl (C=O) groups is 2. The maximum Gasteiger partial charge on any atom is 0.226 e. The highest BCUT2D eigenvalue weighted by atomic mass is 16.2. The Morgan fingerprint density at radius 3 is 2.44 bits per heavy atom. The Kier molecular flexibility index (Phi) is 6.62. The van der Waals surface area contributed by atoms with Crippen LogP contribution < -0.4 is 10.6 Å². The first-order valence-corrected chi connectivity index (χ1v) is 8.42. The molecule has 2 aromatic heterocycles. The van der Waals surface area contributed by atoms with Crippen LogP contribution in [0.4, 0.5) is 5.82 Å². The Bertz CT molecular complexity index is 728. The molecule has 2 rings (SSSR count). The van der Waals surface area contributed by atoms with Gasteiger partial charge in [0.25, 0.3) is 0 Å². The molecule has 2 N–H and O–H groups in total. The number of amides is 2. The molecule has 2 amide bonds. The molecule has 0 aromatic carbocycles. The number of aryl methyl sites for hydroxylation is 2. The summed E-state index contributed by atoms with van der Waals surface area (Å²) in [7, 11) is 0. The van der Waals surface area contributed by atoms with Gasteiger partial charge in [-0.1, -0.05) is 13.0 Å². The molecule has 6 nitrogen and oxygen atoms in total. The molecule has 0 spiro atoms. The number of carbonyl (C=O) groups excluding carboxylic acids is 2. The Hall–Kier alpha value is -2.76. The number of hydrogen-bond acceptors (Lipinski definition) is 4. The van der Waals surface area contributed by atoms with Crippen LogP contribution in [0.25, 0.3) is 0 Å². The Morgan fingerprint density at radius 1 is 1.04 bits per heavy atom. The summed E-state index contributed by atoms with van der Waals surface area (Å²) >= 11 is 0. The van der Waals surface area contributed by atoms with Crippen molar-refractivity contribution < 1.29 is 9.59 Å². The largest absolute Gasteiger partial charge is 0.348 e. The van der Waals surface area contributed by atoms with E-state index in [0.29, 0.717) is 5.82 Å². The monoisotopic (exact) mass is 340 g/mol. The van der Waals surface area contributed by atoms with Crippen molar-refractivity contribution >= 4 is 17.6 Å². The first-order valence-electron chi connectivity index (χ1n) is 8.42. The second kappa shape index (κ2) is 8.92. The van der Waals surface area contributed by atoms with Gasteiger partial charge in [0.2, 0.25) is 11.8 Å². The van der Waals surface area contributed by atoms with E-state index >= 15 is 0 Å². The molecule has 0 aliphatic heterocycles. The van der Waals surface area contributed by atoms with E-state index < -0.39 is 0 Å². The highest BCUT2D eigenvalue weighted by Crippen LogP contribution is 2.15. The van der Waals surface area contributed by atoms with Gasteiger partial charge in [-0.25, -0.2) is 4.98 Å². The number of nitrogens with zero attached hydrogens (tertiary/aromatic N) is 2. The van der Waals surface area contributed by atoms with E-state index in [-0.39, 0.29) is 30.7 Å². The third-order valence-electron chi connectivity index (χ3n) is 3.80. The summed E-state index contributed by atoms with van der Waals surface area (Å²) in [6.45, 7) is 5.88. The minimum atomic E-state index is -0.227. The maximum absolute atomic E-state index is 12.1. The van der Waals surface area contributed by atoms with E-state index in [1.54, 1.807) is 18.5 Å². The molecule has 6 heteroatoms. The predicted molar refractivity (Wildman–Crippen MR) is 97.0 cm³/mol. The average Bonchev–Trinajstić information content (AvgIpc) is 2.59. The number of anilines is 1. The fourth-order valence-corrected chi connectivity index (χ4v) is 2.37. The van der Waals surface area contributed by atoms with Crippen molar-refractivity contribution in [2.75, 3.05) is 5.32 Å². The number of nitrogens with one attached hydrogen (secondary N) is 2. The molecule has 0 unspecified atom stereocenters. The summed E-state index contributed by atoms with van der Waals surface area (Å²) in [4.78, 5) is 32.5. The van der Waals surface area contributed by atoms with Gasteiger partial charge >= 0.3 is 0 Å². The van der Waals surface area contributed by atoms with Crippen LogP contribution in [0.15, 0.2) is 36.7 Å². The van der Waals surface area contributed by atoms with E-state index in [4.69, 9.17) is 0 Å². The fourth-order valence-electron chi connectivity index (χ4n) is 2.37. The molecule has 25 heavy (non-hydrogen) atoms. The van der Waals surface area contributed by atoms with Gasteiger partial charge in [-0.15, -0.1) is 0 Å². The molecule has 2 heterocycles. The van der Waals surface area contributed by atoms with Gasteiger partial charge in [0.05, 0.1) is 11.7 Å². The molecule has 0 saturated carbocycles. The van der Waals surface area contributed by atoms with Crippen LogP contribution in [0.5, 0.6) is 0 Å². The molecule has 132 valence electrons. The lowest BCUT2D eigenvalue weighted by molar-refractivity contribution is -0.125. The Morgan fingerprint density at radius 2 is 1.80 bits per heavy atom. The second-order valence-corrected chi connectivity index (χ2v) is 6.06. The summed E-state index contributed by atoms with van der Waals surface area (Å²) in [5.41, 5.74) is 2.92. The normalized spacial score (nSPS) is 11.6. The molecule has 0 saturated heterocycles. The molecule has 1 atom stereocenters. The van der Waals surface area contributed by atoms with Gasteiger partial charge < -0.3 is 10.6 Å². The van der Waals surface area contributed by atoms with E-state index in [0.717, 1.165) is 23.2 Å². The van der Waals surface area contributed by atoms with Gasteiger partial charge in [0.15, 0.2) is 0 Å². The van der Waals surface area contributed by atoms with Gasteiger partial charge in [-0.05, 0) is 49.6 Å². The minimum absolute atomic E-state index is 0.110. The predicted octanol–water partition coefficient (Wildman–Crippen LogP) is 3.08. The van der Waals surface area contributed by atoms with E-state index in [1.165, 1.54) is 0 Å². The van der Waals surface area contributed by atoms with Crippen LogP contribution in [0.3, 0.4) is 0 Å². The van der Waals surface area contributed by atoms with Crippen LogP contribution >= 0.6 is 0 Å². The SMILES string of the molecule is CC[C@H](NC(=O)CCC(=O)Nc1cc(C)ccn1)c1ccc(C)cn1.